The van der Waals surface area contributed by atoms with Crippen molar-refractivity contribution in [2.24, 2.45) is 0 Å². The standard InChI is InChI=1S/C19H19N5O4S/c1-27-16-9-7-15(8-10-16)24-12-20-23-18(24)29-11-17(25)21-13-3-5-14(6-4-13)22-19(26)28-2/h3-10,12H,11H2,1-2H3,(H,21,25)(H,22,26). The van der Waals surface area contributed by atoms with Crippen LogP contribution < -0.4 is 15.4 Å². The first-order valence-corrected chi connectivity index (χ1v) is 9.49. The second-order valence-electron chi connectivity index (χ2n) is 5.71. The number of hydrogen-bond acceptors (Lipinski definition) is 7. The topological polar surface area (TPSA) is 107 Å². The molecule has 0 bridgehead atoms. The van der Waals surface area contributed by atoms with Gasteiger partial charge in [-0.3, -0.25) is 14.7 Å². The van der Waals surface area contributed by atoms with Crippen molar-refractivity contribution in [2.45, 2.75) is 5.16 Å². The Morgan fingerprint density at radius 3 is 2.28 bits per heavy atom. The van der Waals surface area contributed by atoms with Gasteiger partial charge in [0.2, 0.25) is 5.91 Å². The fourth-order valence-electron chi connectivity index (χ4n) is 2.38. The number of carbonyl (C=O) groups is 2. The van der Waals surface area contributed by atoms with E-state index in [1.165, 1.54) is 18.9 Å². The van der Waals surface area contributed by atoms with Crippen molar-refractivity contribution in [1.82, 2.24) is 14.8 Å². The highest BCUT2D eigenvalue weighted by molar-refractivity contribution is 7.99. The van der Waals surface area contributed by atoms with E-state index in [1.54, 1.807) is 42.3 Å². The lowest BCUT2D eigenvalue weighted by Crippen LogP contribution is -2.15. The minimum absolute atomic E-state index is 0.164. The summed E-state index contributed by atoms with van der Waals surface area (Å²) in [5, 5.41) is 13.9. The lowest BCUT2D eigenvalue weighted by Gasteiger charge is -2.08. The number of carbonyl (C=O) groups excluding carboxylic acids is 2. The van der Waals surface area contributed by atoms with Crippen molar-refractivity contribution in [3.63, 3.8) is 0 Å². The lowest BCUT2D eigenvalue weighted by atomic mass is 10.3. The van der Waals surface area contributed by atoms with Gasteiger partial charge in [-0.15, -0.1) is 10.2 Å². The van der Waals surface area contributed by atoms with Gasteiger partial charge in [-0.2, -0.15) is 0 Å². The predicted molar refractivity (Wildman–Crippen MR) is 110 cm³/mol. The minimum Gasteiger partial charge on any atom is -0.497 e. The highest BCUT2D eigenvalue weighted by atomic mass is 32.2. The van der Waals surface area contributed by atoms with Crippen LogP contribution in [-0.4, -0.2) is 46.7 Å². The summed E-state index contributed by atoms with van der Waals surface area (Å²) in [6.45, 7) is 0. The number of methoxy groups -OCH3 is 2. The van der Waals surface area contributed by atoms with Gasteiger partial charge >= 0.3 is 6.09 Å². The Hall–Kier alpha value is -3.53. The van der Waals surface area contributed by atoms with Crippen molar-refractivity contribution >= 4 is 35.1 Å². The van der Waals surface area contributed by atoms with Gasteiger partial charge < -0.3 is 14.8 Å². The summed E-state index contributed by atoms with van der Waals surface area (Å²) in [5.74, 6) is 0.730. The fourth-order valence-corrected chi connectivity index (χ4v) is 3.10. The molecule has 2 amide bonds. The Morgan fingerprint density at radius 1 is 1.00 bits per heavy atom. The molecule has 2 aromatic carbocycles. The van der Waals surface area contributed by atoms with Crippen LogP contribution in [0.25, 0.3) is 5.69 Å². The Labute approximate surface area is 171 Å². The Kier molecular flexibility index (Phi) is 6.69. The monoisotopic (exact) mass is 413 g/mol. The Bertz CT molecular complexity index is 973. The number of amides is 2. The summed E-state index contributed by atoms with van der Waals surface area (Å²) in [6.07, 6.45) is 1.04. The number of nitrogens with one attached hydrogen (secondary N) is 2. The van der Waals surface area contributed by atoms with E-state index in [9.17, 15) is 9.59 Å². The number of ether oxygens (including phenoxy) is 2. The average molecular weight is 413 g/mol. The second-order valence-corrected chi connectivity index (χ2v) is 6.65. The number of rotatable bonds is 7. The van der Waals surface area contributed by atoms with Gasteiger partial charge in [0.15, 0.2) is 5.16 Å². The molecule has 0 radical (unpaired) electrons. The van der Waals surface area contributed by atoms with Gasteiger partial charge in [-0.1, -0.05) is 11.8 Å². The van der Waals surface area contributed by atoms with Crippen LogP contribution in [0, 0.1) is 0 Å². The molecule has 0 aliphatic carbocycles. The van der Waals surface area contributed by atoms with E-state index in [-0.39, 0.29) is 11.7 Å². The summed E-state index contributed by atoms with van der Waals surface area (Å²) in [4.78, 5) is 23.4. The van der Waals surface area contributed by atoms with Crippen LogP contribution in [0.1, 0.15) is 0 Å². The predicted octanol–water partition coefficient (Wildman–Crippen LogP) is 3.19. The molecule has 0 aliphatic rings. The summed E-state index contributed by atoms with van der Waals surface area (Å²) in [7, 11) is 2.90. The number of nitrogens with zero attached hydrogens (tertiary/aromatic N) is 3. The molecule has 0 unspecified atom stereocenters. The first kappa shape index (κ1) is 20.2. The highest BCUT2D eigenvalue weighted by Crippen LogP contribution is 2.22. The third kappa shape index (κ3) is 5.48. The van der Waals surface area contributed by atoms with E-state index in [2.05, 4.69) is 25.6 Å². The molecule has 3 rings (SSSR count). The van der Waals surface area contributed by atoms with Crippen LogP contribution in [-0.2, 0) is 9.53 Å². The van der Waals surface area contributed by atoms with Gasteiger partial charge in [-0.05, 0) is 48.5 Å². The lowest BCUT2D eigenvalue weighted by molar-refractivity contribution is -0.113. The molecule has 2 N–H and O–H groups in total. The zero-order valence-corrected chi connectivity index (χ0v) is 16.6. The van der Waals surface area contributed by atoms with Crippen molar-refractivity contribution in [3.05, 3.63) is 54.9 Å². The van der Waals surface area contributed by atoms with Crippen molar-refractivity contribution in [1.29, 1.82) is 0 Å². The minimum atomic E-state index is -0.556. The molecule has 9 nitrogen and oxygen atoms in total. The number of anilines is 2. The van der Waals surface area contributed by atoms with Crippen LogP contribution in [0.5, 0.6) is 5.75 Å². The van der Waals surface area contributed by atoms with E-state index < -0.39 is 6.09 Å². The van der Waals surface area contributed by atoms with Crippen LogP contribution in [0.4, 0.5) is 16.2 Å². The van der Waals surface area contributed by atoms with Gasteiger partial charge in [0.25, 0.3) is 0 Å². The number of aromatic nitrogens is 3. The maximum absolute atomic E-state index is 12.3. The maximum atomic E-state index is 12.3. The third-order valence-corrected chi connectivity index (χ3v) is 4.74. The zero-order chi connectivity index (χ0) is 20.6. The SMILES string of the molecule is COC(=O)Nc1ccc(NC(=O)CSc2nncn2-c2ccc(OC)cc2)cc1. The van der Waals surface area contributed by atoms with Gasteiger partial charge in [0.05, 0.1) is 20.0 Å². The summed E-state index contributed by atoms with van der Waals surface area (Å²) >= 11 is 1.27. The molecule has 1 aromatic heterocycles. The first-order chi connectivity index (χ1) is 14.1. The fraction of sp³-hybridized carbons (Fsp3) is 0.158. The molecule has 1 heterocycles. The molecule has 3 aromatic rings. The third-order valence-electron chi connectivity index (χ3n) is 3.80. The smallest absolute Gasteiger partial charge is 0.411 e. The first-order valence-electron chi connectivity index (χ1n) is 8.51. The molecule has 0 fully saturated rings. The highest BCUT2D eigenvalue weighted by Gasteiger charge is 2.11. The molecular formula is C19H19N5O4S. The van der Waals surface area contributed by atoms with Gasteiger partial charge in [0.1, 0.15) is 12.1 Å². The number of benzene rings is 2. The maximum Gasteiger partial charge on any atom is 0.411 e. The quantitative estimate of drug-likeness (QED) is 0.573. The van der Waals surface area contributed by atoms with Crippen LogP contribution in [0.2, 0.25) is 0 Å². The molecule has 0 saturated carbocycles. The Morgan fingerprint density at radius 2 is 1.66 bits per heavy atom. The largest absolute Gasteiger partial charge is 0.497 e. The summed E-state index contributed by atoms with van der Waals surface area (Å²) in [5.41, 5.74) is 2.05. The number of thioether (sulfide) groups is 1. The molecule has 10 heteroatoms. The molecule has 0 aliphatic heterocycles. The van der Waals surface area contributed by atoms with Gasteiger partial charge in [0, 0.05) is 17.1 Å². The van der Waals surface area contributed by atoms with Crippen LogP contribution in [0.3, 0.4) is 0 Å². The molecule has 0 atom stereocenters. The summed E-state index contributed by atoms with van der Waals surface area (Å²) < 4.78 is 11.5. The van der Waals surface area contributed by atoms with Gasteiger partial charge in [-0.25, -0.2) is 4.79 Å². The van der Waals surface area contributed by atoms with E-state index in [0.29, 0.717) is 16.5 Å². The van der Waals surface area contributed by atoms with E-state index in [0.717, 1.165) is 11.4 Å². The molecule has 29 heavy (non-hydrogen) atoms. The van der Waals surface area contributed by atoms with Crippen molar-refractivity contribution < 1.29 is 19.1 Å². The molecular weight excluding hydrogens is 394 g/mol. The van der Waals surface area contributed by atoms with Crippen LogP contribution >= 0.6 is 11.8 Å². The van der Waals surface area contributed by atoms with Crippen molar-refractivity contribution in [3.8, 4) is 11.4 Å². The molecule has 150 valence electrons. The molecule has 0 spiro atoms. The summed E-state index contributed by atoms with van der Waals surface area (Å²) in [6, 6.07) is 14.2. The normalized spacial score (nSPS) is 10.3. The molecule has 0 saturated heterocycles. The average Bonchev–Trinajstić information content (AvgIpc) is 3.22. The zero-order valence-electron chi connectivity index (χ0n) is 15.8. The van der Waals surface area contributed by atoms with E-state index >= 15 is 0 Å². The Balaban J connectivity index is 1.56. The van der Waals surface area contributed by atoms with Crippen molar-refractivity contribution in [2.75, 3.05) is 30.6 Å². The number of hydrogen-bond donors (Lipinski definition) is 2. The van der Waals surface area contributed by atoms with E-state index in [4.69, 9.17) is 4.74 Å². The second kappa shape index (κ2) is 9.60. The van der Waals surface area contributed by atoms with E-state index in [1.807, 2.05) is 24.3 Å². The van der Waals surface area contributed by atoms with Crippen LogP contribution in [0.15, 0.2) is 60.0 Å².